The predicted octanol–water partition coefficient (Wildman–Crippen LogP) is 0.342. The third kappa shape index (κ3) is 0.891. The van der Waals surface area contributed by atoms with Gasteiger partial charge in [-0.3, -0.25) is 0 Å². The van der Waals surface area contributed by atoms with Gasteiger partial charge in [0.2, 0.25) is 0 Å². The van der Waals surface area contributed by atoms with Crippen molar-refractivity contribution in [2.75, 3.05) is 30.6 Å². The van der Waals surface area contributed by atoms with E-state index in [4.69, 9.17) is 11.5 Å². The van der Waals surface area contributed by atoms with E-state index in [0.717, 1.165) is 11.0 Å². The first-order valence-corrected chi connectivity index (χ1v) is 4.42. The van der Waals surface area contributed by atoms with Crippen LogP contribution in [-0.2, 0) is 7.05 Å². The number of nitrogen functional groups attached to an aromatic ring is 2. The molecule has 0 spiro atoms. The molecular weight excluding hydrogens is 178 g/mol. The highest BCUT2D eigenvalue weighted by atomic mass is 15.6. The maximum atomic E-state index is 5.91. The lowest BCUT2D eigenvalue weighted by molar-refractivity contribution is 0.743. The van der Waals surface area contributed by atoms with Gasteiger partial charge >= 0.3 is 0 Å². The van der Waals surface area contributed by atoms with Crippen molar-refractivity contribution in [1.29, 1.82) is 0 Å². The van der Waals surface area contributed by atoms with E-state index in [1.54, 1.807) is 0 Å². The van der Waals surface area contributed by atoms with Gasteiger partial charge in [0.25, 0.3) is 0 Å². The largest absolute Gasteiger partial charge is 0.395 e. The topological polar surface area (TPSA) is 65.1 Å². The lowest BCUT2D eigenvalue weighted by Crippen LogP contribution is -2.27. The summed E-state index contributed by atoms with van der Waals surface area (Å²) < 4.78 is 3.90. The van der Waals surface area contributed by atoms with Gasteiger partial charge in [-0.05, 0) is 6.07 Å². The molecule has 76 valence electrons. The Balaban J connectivity index is 2.90. The molecule has 0 saturated carbocycles. The molecule has 14 heavy (non-hydrogen) atoms. The third-order valence-electron chi connectivity index (χ3n) is 2.43. The molecule has 0 aromatic carbocycles. The molecule has 0 saturated heterocycles. The number of rotatable bonds is 1. The summed E-state index contributed by atoms with van der Waals surface area (Å²) in [6, 6.07) is 1.97. The Kier molecular flexibility index (Phi) is 1.64. The zero-order chi connectivity index (χ0) is 10.5. The molecule has 0 amide bonds. The summed E-state index contributed by atoms with van der Waals surface area (Å²) in [6.07, 6.45) is 1.97. The quantitative estimate of drug-likeness (QED) is 0.686. The second-order valence-electron chi connectivity index (χ2n) is 3.62. The molecule has 0 fully saturated rings. The lowest BCUT2D eigenvalue weighted by atomic mass is 10.3. The highest BCUT2D eigenvalue weighted by molar-refractivity contribution is 5.97. The van der Waals surface area contributed by atoms with E-state index in [2.05, 4.69) is 0 Å². The average Bonchev–Trinajstić information content (AvgIpc) is 2.57. The van der Waals surface area contributed by atoms with E-state index in [0.29, 0.717) is 11.5 Å². The lowest BCUT2D eigenvalue weighted by Gasteiger charge is -2.17. The number of aromatic nitrogens is 2. The molecule has 0 aliphatic carbocycles. The molecular formula is C9H15N5. The molecule has 2 aromatic heterocycles. The molecule has 0 bridgehead atoms. The summed E-state index contributed by atoms with van der Waals surface area (Å²) >= 11 is 0. The number of nitrogens with zero attached hydrogens (tertiary/aromatic N) is 3. The molecule has 5 nitrogen and oxygen atoms in total. The van der Waals surface area contributed by atoms with Gasteiger partial charge in [-0.15, -0.1) is 0 Å². The van der Waals surface area contributed by atoms with Crippen molar-refractivity contribution in [2.24, 2.45) is 7.05 Å². The Hall–Kier alpha value is -1.78. The number of hydrogen-bond donors (Lipinski definition) is 2. The molecule has 2 rings (SSSR count). The van der Waals surface area contributed by atoms with E-state index >= 15 is 0 Å². The Bertz CT molecular complexity index is 477. The summed E-state index contributed by atoms with van der Waals surface area (Å²) in [4.78, 5) is 0. The van der Waals surface area contributed by atoms with Gasteiger partial charge in [-0.1, -0.05) is 0 Å². The van der Waals surface area contributed by atoms with Crippen LogP contribution in [0.4, 0.5) is 11.5 Å². The fourth-order valence-corrected chi connectivity index (χ4v) is 1.77. The molecule has 4 N–H and O–H groups in total. The molecule has 5 heteroatoms. The van der Waals surface area contributed by atoms with Crippen molar-refractivity contribution < 1.29 is 0 Å². The van der Waals surface area contributed by atoms with E-state index in [-0.39, 0.29) is 0 Å². The van der Waals surface area contributed by atoms with Crippen LogP contribution in [0, 0.1) is 0 Å². The molecule has 0 radical (unpaired) electrons. The second-order valence-corrected chi connectivity index (χ2v) is 3.62. The van der Waals surface area contributed by atoms with Crippen molar-refractivity contribution in [3.8, 4) is 0 Å². The molecule has 0 unspecified atom stereocenters. The summed E-state index contributed by atoms with van der Waals surface area (Å²) in [5.41, 5.74) is 13.5. The van der Waals surface area contributed by atoms with Gasteiger partial charge in [0.15, 0.2) is 0 Å². The fraction of sp³-hybridized carbons (Fsp3) is 0.333. The van der Waals surface area contributed by atoms with Crippen LogP contribution in [-0.4, -0.2) is 23.3 Å². The number of hydrogen-bond acceptors (Lipinski definition) is 3. The normalized spacial score (nSPS) is 11.1. The zero-order valence-electron chi connectivity index (χ0n) is 8.65. The minimum absolute atomic E-state index is 0.594. The van der Waals surface area contributed by atoms with Gasteiger partial charge in [-0.25, -0.2) is 4.68 Å². The van der Waals surface area contributed by atoms with Crippen molar-refractivity contribution in [1.82, 2.24) is 9.24 Å². The SMILES string of the molecule is CN(C)n1c(N)c(N)c2ccn(C)c21. The summed E-state index contributed by atoms with van der Waals surface area (Å²) in [6.45, 7) is 0. The van der Waals surface area contributed by atoms with Crippen LogP contribution >= 0.6 is 0 Å². The third-order valence-corrected chi connectivity index (χ3v) is 2.43. The molecule has 2 aromatic rings. The molecule has 2 heterocycles. The molecule has 0 atom stereocenters. The van der Waals surface area contributed by atoms with Gasteiger partial charge in [0, 0.05) is 32.7 Å². The van der Waals surface area contributed by atoms with Crippen LogP contribution < -0.4 is 16.5 Å². The van der Waals surface area contributed by atoms with E-state index < -0.39 is 0 Å². The first-order chi connectivity index (χ1) is 6.54. The number of nitrogens with two attached hydrogens (primary N) is 2. The number of fused-ring (bicyclic) bond motifs is 1. The fourth-order valence-electron chi connectivity index (χ4n) is 1.77. The first-order valence-electron chi connectivity index (χ1n) is 4.42. The summed E-state index contributed by atoms with van der Waals surface area (Å²) in [7, 11) is 5.84. The van der Waals surface area contributed by atoms with Crippen LogP contribution in [0.2, 0.25) is 0 Å². The van der Waals surface area contributed by atoms with Crippen molar-refractivity contribution in [3.63, 3.8) is 0 Å². The molecule has 0 aliphatic heterocycles. The van der Waals surface area contributed by atoms with Gasteiger partial charge in [0.1, 0.15) is 11.5 Å². The second kappa shape index (κ2) is 2.60. The van der Waals surface area contributed by atoms with Crippen molar-refractivity contribution >= 4 is 22.5 Å². The van der Waals surface area contributed by atoms with E-state index in [1.807, 2.05) is 47.7 Å². The predicted molar refractivity (Wildman–Crippen MR) is 59.8 cm³/mol. The Morgan fingerprint density at radius 2 is 1.93 bits per heavy atom. The smallest absolute Gasteiger partial charge is 0.148 e. The summed E-state index contributed by atoms with van der Waals surface area (Å²) in [5.74, 6) is 0.594. The Morgan fingerprint density at radius 1 is 1.29 bits per heavy atom. The minimum atomic E-state index is 0.594. The minimum Gasteiger partial charge on any atom is -0.395 e. The Labute approximate surface area is 82.5 Å². The van der Waals surface area contributed by atoms with Crippen LogP contribution in [0.1, 0.15) is 0 Å². The summed E-state index contributed by atoms with van der Waals surface area (Å²) in [5, 5.41) is 2.91. The first kappa shape index (κ1) is 8.80. The van der Waals surface area contributed by atoms with Crippen molar-refractivity contribution in [3.05, 3.63) is 12.3 Å². The monoisotopic (exact) mass is 193 g/mol. The molecule has 0 aliphatic rings. The van der Waals surface area contributed by atoms with Gasteiger partial charge < -0.3 is 21.0 Å². The zero-order valence-corrected chi connectivity index (χ0v) is 8.65. The van der Waals surface area contributed by atoms with Gasteiger partial charge in [-0.2, -0.15) is 0 Å². The number of aryl methyl sites for hydroxylation is 1. The number of anilines is 2. The van der Waals surface area contributed by atoms with Crippen LogP contribution in [0.25, 0.3) is 11.0 Å². The van der Waals surface area contributed by atoms with Crippen LogP contribution in [0.5, 0.6) is 0 Å². The van der Waals surface area contributed by atoms with Crippen LogP contribution in [0.3, 0.4) is 0 Å². The highest BCUT2D eigenvalue weighted by Crippen LogP contribution is 2.30. The maximum absolute atomic E-state index is 5.91. The average molecular weight is 193 g/mol. The Morgan fingerprint density at radius 3 is 2.50 bits per heavy atom. The van der Waals surface area contributed by atoms with Crippen molar-refractivity contribution in [2.45, 2.75) is 0 Å². The van der Waals surface area contributed by atoms with Gasteiger partial charge in [0.05, 0.1) is 5.69 Å². The maximum Gasteiger partial charge on any atom is 0.148 e. The van der Waals surface area contributed by atoms with E-state index in [9.17, 15) is 0 Å². The highest BCUT2D eigenvalue weighted by Gasteiger charge is 2.15. The standard InChI is InChI=1S/C9H15N5/c1-12(2)14-8(11)7(10)6-4-5-13(3)9(6)14/h4-5H,10-11H2,1-3H3. The van der Waals surface area contributed by atoms with Crippen LogP contribution in [0.15, 0.2) is 12.3 Å². The van der Waals surface area contributed by atoms with E-state index in [1.165, 1.54) is 0 Å².